The third-order valence-electron chi connectivity index (χ3n) is 4.97. The second kappa shape index (κ2) is 10.2. The van der Waals surface area contributed by atoms with Gasteiger partial charge < -0.3 is 9.30 Å². The Bertz CT molecular complexity index is 1250. The predicted molar refractivity (Wildman–Crippen MR) is 129 cm³/mol. The van der Waals surface area contributed by atoms with Crippen molar-refractivity contribution in [3.8, 4) is 5.75 Å². The highest BCUT2D eigenvalue weighted by Crippen LogP contribution is 2.25. The Morgan fingerprint density at radius 2 is 1.84 bits per heavy atom. The van der Waals surface area contributed by atoms with Crippen molar-refractivity contribution in [1.82, 2.24) is 15.0 Å². The van der Waals surface area contributed by atoms with Gasteiger partial charge in [-0.25, -0.2) is 10.4 Å². The SMILES string of the molecule is COc1cccc(/C(C)=N/NC(=O)CSc2nc3ccccc3n2Cc2ccccc2)c1. The molecule has 162 valence electrons. The summed E-state index contributed by atoms with van der Waals surface area (Å²) in [5.41, 5.74) is 7.38. The molecule has 4 aromatic rings. The summed E-state index contributed by atoms with van der Waals surface area (Å²) < 4.78 is 7.39. The maximum absolute atomic E-state index is 12.5. The molecule has 0 unspecified atom stereocenters. The Kier molecular flexibility index (Phi) is 6.87. The number of hydrogen-bond donors (Lipinski definition) is 1. The molecule has 0 spiro atoms. The van der Waals surface area contributed by atoms with E-state index in [4.69, 9.17) is 9.72 Å². The average molecular weight is 445 g/mol. The van der Waals surface area contributed by atoms with Gasteiger partial charge in [0.25, 0.3) is 5.91 Å². The number of methoxy groups -OCH3 is 1. The van der Waals surface area contributed by atoms with Crippen LogP contribution in [0.2, 0.25) is 0 Å². The fraction of sp³-hybridized carbons (Fsp3) is 0.160. The Balaban J connectivity index is 1.45. The van der Waals surface area contributed by atoms with Gasteiger partial charge in [-0.2, -0.15) is 5.10 Å². The number of para-hydroxylation sites is 2. The summed E-state index contributed by atoms with van der Waals surface area (Å²) in [7, 11) is 1.62. The van der Waals surface area contributed by atoms with E-state index in [-0.39, 0.29) is 11.7 Å². The summed E-state index contributed by atoms with van der Waals surface area (Å²) in [6.45, 7) is 2.54. The average Bonchev–Trinajstić information content (AvgIpc) is 3.19. The number of carbonyl (C=O) groups excluding carboxylic acids is 1. The molecule has 0 atom stereocenters. The number of benzene rings is 3. The lowest BCUT2D eigenvalue weighted by molar-refractivity contribution is -0.118. The zero-order chi connectivity index (χ0) is 22.3. The Labute approximate surface area is 191 Å². The van der Waals surface area contributed by atoms with Gasteiger partial charge in [0.2, 0.25) is 0 Å². The number of rotatable bonds is 8. The first-order chi connectivity index (χ1) is 15.6. The Morgan fingerprint density at radius 3 is 2.66 bits per heavy atom. The highest BCUT2D eigenvalue weighted by Gasteiger charge is 2.13. The number of imidazole rings is 1. The van der Waals surface area contributed by atoms with E-state index in [0.717, 1.165) is 27.5 Å². The number of carbonyl (C=O) groups is 1. The van der Waals surface area contributed by atoms with E-state index in [1.165, 1.54) is 17.3 Å². The molecule has 0 radical (unpaired) electrons. The highest BCUT2D eigenvalue weighted by atomic mass is 32.2. The maximum atomic E-state index is 12.5. The lowest BCUT2D eigenvalue weighted by atomic mass is 10.1. The van der Waals surface area contributed by atoms with Crippen molar-refractivity contribution in [3.05, 3.63) is 90.0 Å². The third kappa shape index (κ3) is 5.18. The Morgan fingerprint density at radius 1 is 1.06 bits per heavy atom. The third-order valence-corrected chi connectivity index (χ3v) is 5.95. The molecule has 0 saturated heterocycles. The van der Waals surface area contributed by atoms with Crippen LogP contribution < -0.4 is 10.2 Å². The van der Waals surface area contributed by atoms with Crippen molar-refractivity contribution >= 4 is 34.4 Å². The fourth-order valence-electron chi connectivity index (χ4n) is 3.30. The molecular formula is C25H24N4O2S. The van der Waals surface area contributed by atoms with Crippen LogP contribution >= 0.6 is 11.8 Å². The van der Waals surface area contributed by atoms with Crippen LogP contribution in [0.4, 0.5) is 0 Å². The number of ether oxygens (including phenoxy) is 1. The van der Waals surface area contributed by atoms with E-state index in [0.29, 0.717) is 12.3 Å². The lowest BCUT2D eigenvalue weighted by Crippen LogP contribution is -2.21. The molecule has 7 heteroatoms. The lowest BCUT2D eigenvalue weighted by Gasteiger charge is -2.09. The first-order valence-corrected chi connectivity index (χ1v) is 11.2. The highest BCUT2D eigenvalue weighted by molar-refractivity contribution is 7.99. The summed E-state index contributed by atoms with van der Waals surface area (Å²) in [5.74, 6) is 0.777. The molecule has 6 nitrogen and oxygen atoms in total. The van der Waals surface area contributed by atoms with Gasteiger partial charge in [-0.1, -0.05) is 66.4 Å². The van der Waals surface area contributed by atoms with Crippen molar-refractivity contribution in [2.75, 3.05) is 12.9 Å². The van der Waals surface area contributed by atoms with Crippen LogP contribution in [0.1, 0.15) is 18.1 Å². The van der Waals surface area contributed by atoms with Gasteiger partial charge >= 0.3 is 0 Å². The summed E-state index contributed by atoms with van der Waals surface area (Å²) in [4.78, 5) is 17.2. The van der Waals surface area contributed by atoms with Crippen molar-refractivity contribution in [1.29, 1.82) is 0 Å². The van der Waals surface area contributed by atoms with Crippen LogP contribution in [0, 0.1) is 0 Å². The van der Waals surface area contributed by atoms with Crippen molar-refractivity contribution in [2.45, 2.75) is 18.6 Å². The molecule has 0 bridgehead atoms. The maximum Gasteiger partial charge on any atom is 0.250 e. The quantitative estimate of drug-likeness (QED) is 0.242. The molecule has 32 heavy (non-hydrogen) atoms. The Hall–Kier alpha value is -3.58. The summed E-state index contributed by atoms with van der Waals surface area (Å²) in [5, 5.41) is 5.04. The number of nitrogens with zero attached hydrogens (tertiary/aromatic N) is 3. The molecule has 4 rings (SSSR count). The molecule has 0 aliphatic heterocycles. The molecule has 0 saturated carbocycles. The van der Waals surface area contributed by atoms with Crippen LogP contribution in [-0.4, -0.2) is 34.0 Å². The number of aromatic nitrogens is 2. The van der Waals surface area contributed by atoms with Crippen molar-refractivity contribution in [2.24, 2.45) is 5.10 Å². The van der Waals surface area contributed by atoms with Gasteiger partial charge in [0, 0.05) is 5.56 Å². The van der Waals surface area contributed by atoms with Crippen LogP contribution in [0.5, 0.6) is 5.75 Å². The van der Waals surface area contributed by atoms with Crippen LogP contribution in [0.3, 0.4) is 0 Å². The van der Waals surface area contributed by atoms with Gasteiger partial charge in [0.1, 0.15) is 5.75 Å². The molecule has 1 amide bonds. The molecule has 1 aromatic heterocycles. The van der Waals surface area contributed by atoms with Gasteiger partial charge in [0.15, 0.2) is 5.16 Å². The van der Waals surface area contributed by atoms with Crippen molar-refractivity contribution < 1.29 is 9.53 Å². The van der Waals surface area contributed by atoms with E-state index in [9.17, 15) is 4.79 Å². The van der Waals surface area contributed by atoms with Gasteiger partial charge in [-0.3, -0.25) is 4.79 Å². The number of amides is 1. The monoisotopic (exact) mass is 444 g/mol. The van der Waals surface area contributed by atoms with E-state index in [1.807, 2.05) is 67.6 Å². The molecule has 0 aliphatic carbocycles. The van der Waals surface area contributed by atoms with Crippen LogP contribution in [0.25, 0.3) is 11.0 Å². The second-order valence-electron chi connectivity index (χ2n) is 7.21. The summed E-state index contributed by atoms with van der Waals surface area (Å²) in [6.07, 6.45) is 0. The van der Waals surface area contributed by atoms with E-state index >= 15 is 0 Å². The standard InChI is InChI=1S/C25H24N4O2S/c1-18(20-11-8-12-21(15-20)31-2)27-28-24(30)17-32-25-26-22-13-6-7-14-23(22)29(25)16-19-9-4-3-5-10-19/h3-15H,16-17H2,1-2H3,(H,28,30)/b27-18+. The van der Waals surface area contributed by atoms with E-state index < -0.39 is 0 Å². The number of hydrazone groups is 1. The second-order valence-corrected chi connectivity index (χ2v) is 8.15. The number of thioether (sulfide) groups is 1. The van der Waals surface area contributed by atoms with Crippen molar-refractivity contribution in [3.63, 3.8) is 0 Å². The minimum absolute atomic E-state index is 0.185. The smallest absolute Gasteiger partial charge is 0.250 e. The molecule has 3 aromatic carbocycles. The zero-order valence-electron chi connectivity index (χ0n) is 18.0. The first kappa shape index (κ1) is 21.6. The molecule has 0 fully saturated rings. The minimum Gasteiger partial charge on any atom is -0.497 e. The van der Waals surface area contributed by atoms with Gasteiger partial charge in [-0.05, 0) is 36.8 Å². The number of hydrogen-bond acceptors (Lipinski definition) is 5. The summed E-state index contributed by atoms with van der Waals surface area (Å²) in [6, 6.07) is 25.8. The molecule has 0 aliphatic rings. The minimum atomic E-state index is -0.185. The van der Waals surface area contributed by atoms with E-state index in [1.54, 1.807) is 7.11 Å². The normalized spacial score (nSPS) is 11.5. The fourth-order valence-corrected chi connectivity index (χ4v) is 4.11. The number of nitrogens with one attached hydrogen (secondary N) is 1. The van der Waals surface area contributed by atoms with Gasteiger partial charge in [0.05, 0.1) is 36.2 Å². The van der Waals surface area contributed by atoms with Crippen LogP contribution in [0.15, 0.2) is 89.1 Å². The molecular weight excluding hydrogens is 420 g/mol. The topological polar surface area (TPSA) is 68.5 Å². The summed E-state index contributed by atoms with van der Waals surface area (Å²) >= 11 is 1.40. The molecule has 1 heterocycles. The number of fused-ring (bicyclic) bond motifs is 1. The van der Waals surface area contributed by atoms with E-state index in [2.05, 4.69) is 33.3 Å². The predicted octanol–water partition coefficient (Wildman–Crippen LogP) is 4.73. The largest absolute Gasteiger partial charge is 0.497 e. The zero-order valence-corrected chi connectivity index (χ0v) is 18.8. The van der Waals surface area contributed by atoms with Gasteiger partial charge in [-0.15, -0.1) is 0 Å². The first-order valence-electron chi connectivity index (χ1n) is 10.2. The van der Waals surface area contributed by atoms with Crippen LogP contribution in [-0.2, 0) is 11.3 Å². The molecule has 1 N–H and O–H groups in total.